The minimum atomic E-state index is -0.0654. The second-order valence-electron chi connectivity index (χ2n) is 5.44. The van der Waals surface area contributed by atoms with E-state index in [1.165, 1.54) is 17.5 Å². The number of anilines is 1. The summed E-state index contributed by atoms with van der Waals surface area (Å²) in [5.74, 6) is 0. The molecule has 0 radical (unpaired) electrons. The molecule has 6 heteroatoms. The molecule has 2 bridgehead atoms. The molecule has 0 saturated carbocycles. The molecule has 2 aliphatic rings. The highest BCUT2D eigenvalue weighted by atomic mass is 79.9. The molecule has 0 amide bonds. The van der Waals surface area contributed by atoms with Gasteiger partial charge in [-0.05, 0) is 48.5 Å². The van der Waals surface area contributed by atoms with Gasteiger partial charge in [0, 0.05) is 24.7 Å². The van der Waals surface area contributed by atoms with Crippen LogP contribution in [0.2, 0.25) is 0 Å². The predicted molar refractivity (Wildman–Crippen MR) is 78.5 cm³/mol. The molecule has 2 N–H and O–H groups in total. The monoisotopic (exact) mass is 326 g/mol. The molecular formula is C13H19BrN4O. The Kier molecular flexibility index (Phi) is 3.62. The molecule has 2 fully saturated rings. The largest absolute Gasteiger partial charge is 0.380 e. The van der Waals surface area contributed by atoms with Crippen LogP contribution < -0.4 is 16.2 Å². The summed E-state index contributed by atoms with van der Waals surface area (Å²) in [6.07, 6.45) is 6.55. The van der Waals surface area contributed by atoms with Crippen LogP contribution in [0.4, 0.5) is 5.69 Å². The van der Waals surface area contributed by atoms with Gasteiger partial charge in [-0.1, -0.05) is 0 Å². The van der Waals surface area contributed by atoms with Crippen LogP contribution >= 0.6 is 15.9 Å². The van der Waals surface area contributed by atoms with Crippen molar-refractivity contribution in [3.63, 3.8) is 0 Å². The van der Waals surface area contributed by atoms with E-state index >= 15 is 0 Å². The van der Waals surface area contributed by atoms with Crippen molar-refractivity contribution in [2.45, 2.75) is 57.3 Å². The van der Waals surface area contributed by atoms with E-state index in [4.69, 9.17) is 0 Å². The van der Waals surface area contributed by atoms with E-state index in [0.29, 0.717) is 29.1 Å². The first-order chi connectivity index (χ1) is 9.17. The van der Waals surface area contributed by atoms with Crippen LogP contribution in [0.1, 0.15) is 32.6 Å². The van der Waals surface area contributed by atoms with Crippen molar-refractivity contribution in [2.75, 3.05) is 5.32 Å². The number of hydrogen-bond acceptors (Lipinski definition) is 4. The molecule has 3 heterocycles. The molecule has 19 heavy (non-hydrogen) atoms. The second kappa shape index (κ2) is 5.25. The van der Waals surface area contributed by atoms with Crippen molar-refractivity contribution >= 4 is 21.6 Å². The Morgan fingerprint density at radius 2 is 2.16 bits per heavy atom. The Hall–Kier alpha value is -0.880. The Morgan fingerprint density at radius 1 is 1.47 bits per heavy atom. The fraction of sp³-hybridized carbons (Fsp3) is 0.692. The summed E-state index contributed by atoms with van der Waals surface area (Å²) in [5.41, 5.74) is 0.755. The van der Waals surface area contributed by atoms with Crippen molar-refractivity contribution in [3.05, 3.63) is 21.0 Å². The molecule has 104 valence electrons. The molecule has 1 aromatic rings. The summed E-state index contributed by atoms with van der Waals surface area (Å²) in [7, 11) is 0. The van der Waals surface area contributed by atoms with Crippen molar-refractivity contribution < 1.29 is 0 Å². The van der Waals surface area contributed by atoms with Gasteiger partial charge in [-0.3, -0.25) is 4.79 Å². The van der Waals surface area contributed by atoms with Crippen LogP contribution in [0.25, 0.3) is 0 Å². The topological polar surface area (TPSA) is 59.0 Å². The maximum Gasteiger partial charge on any atom is 0.283 e. The lowest BCUT2D eigenvalue weighted by atomic mass is 10.00. The number of rotatable bonds is 3. The van der Waals surface area contributed by atoms with Gasteiger partial charge in [0.15, 0.2) is 0 Å². The van der Waals surface area contributed by atoms with Crippen LogP contribution in [0, 0.1) is 0 Å². The average molecular weight is 327 g/mol. The van der Waals surface area contributed by atoms with E-state index in [-0.39, 0.29) is 5.56 Å². The third-order valence-corrected chi connectivity index (χ3v) is 4.88. The Labute approximate surface area is 120 Å². The van der Waals surface area contributed by atoms with Crippen LogP contribution in [0.3, 0.4) is 0 Å². The normalized spacial score (nSPS) is 29.5. The molecule has 0 spiro atoms. The zero-order chi connectivity index (χ0) is 13.4. The number of hydrogen-bond donors (Lipinski definition) is 2. The summed E-state index contributed by atoms with van der Waals surface area (Å²) < 4.78 is 2.05. The van der Waals surface area contributed by atoms with Gasteiger partial charge in [0.25, 0.3) is 5.56 Å². The van der Waals surface area contributed by atoms with Crippen molar-refractivity contribution in [3.8, 4) is 0 Å². The van der Waals surface area contributed by atoms with Crippen LogP contribution in [0.15, 0.2) is 15.5 Å². The first kappa shape index (κ1) is 13.1. The molecule has 0 aliphatic carbocycles. The van der Waals surface area contributed by atoms with Gasteiger partial charge >= 0.3 is 0 Å². The number of nitrogens with one attached hydrogen (secondary N) is 2. The number of nitrogens with zero attached hydrogens (tertiary/aromatic N) is 2. The SMILES string of the molecule is CCn1ncc(NC2CC3CCC(C2)N3)c(Br)c1=O. The molecule has 1 aromatic heterocycles. The molecule has 5 nitrogen and oxygen atoms in total. The summed E-state index contributed by atoms with van der Waals surface area (Å²) in [6, 6.07) is 1.71. The zero-order valence-electron chi connectivity index (χ0n) is 11.0. The number of piperidine rings is 1. The van der Waals surface area contributed by atoms with Gasteiger partial charge in [-0.2, -0.15) is 5.10 Å². The maximum atomic E-state index is 12.0. The third kappa shape index (κ3) is 2.56. The lowest BCUT2D eigenvalue weighted by Crippen LogP contribution is -2.43. The van der Waals surface area contributed by atoms with Crippen molar-refractivity contribution in [1.82, 2.24) is 15.1 Å². The molecule has 2 unspecified atom stereocenters. The maximum absolute atomic E-state index is 12.0. The van der Waals surface area contributed by atoms with Crippen LogP contribution in [-0.4, -0.2) is 27.9 Å². The van der Waals surface area contributed by atoms with Crippen molar-refractivity contribution in [2.24, 2.45) is 0 Å². The van der Waals surface area contributed by atoms with Gasteiger partial charge in [-0.25, -0.2) is 4.68 Å². The molecule has 3 rings (SSSR count). The van der Waals surface area contributed by atoms with E-state index in [0.717, 1.165) is 18.5 Å². The van der Waals surface area contributed by atoms with E-state index in [1.807, 2.05) is 6.92 Å². The second-order valence-corrected chi connectivity index (χ2v) is 6.24. The molecule has 2 atom stereocenters. The fourth-order valence-corrected chi connectivity index (χ4v) is 3.61. The highest BCUT2D eigenvalue weighted by Crippen LogP contribution is 2.29. The van der Waals surface area contributed by atoms with E-state index in [2.05, 4.69) is 31.7 Å². The van der Waals surface area contributed by atoms with Crippen molar-refractivity contribution in [1.29, 1.82) is 0 Å². The summed E-state index contributed by atoms with van der Waals surface area (Å²) >= 11 is 3.39. The highest BCUT2D eigenvalue weighted by Gasteiger charge is 2.33. The number of aromatic nitrogens is 2. The summed E-state index contributed by atoms with van der Waals surface area (Å²) in [6.45, 7) is 2.51. The smallest absolute Gasteiger partial charge is 0.283 e. The number of fused-ring (bicyclic) bond motifs is 2. The van der Waals surface area contributed by atoms with Crippen LogP contribution in [0.5, 0.6) is 0 Å². The van der Waals surface area contributed by atoms with E-state index in [9.17, 15) is 4.79 Å². The van der Waals surface area contributed by atoms with Gasteiger partial charge in [0.2, 0.25) is 0 Å². The van der Waals surface area contributed by atoms with Gasteiger partial charge in [0.1, 0.15) is 4.47 Å². The van der Waals surface area contributed by atoms with Crippen LogP contribution in [-0.2, 0) is 6.54 Å². The first-order valence-electron chi connectivity index (χ1n) is 6.95. The Bertz CT molecular complexity index is 518. The quantitative estimate of drug-likeness (QED) is 0.888. The first-order valence-corrected chi connectivity index (χ1v) is 7.75. The fourth-order valence-electron chi connectivity index (χ4n) is 3.19. The third-order valence-electron chi connectivity index (χ3n) is 4.12. The lowest BCUT2D eigenvalue weighted by molar-refractivity contribution is 0.378. The summed E-state index contributed by atoms with van der Waals surface area (Å²) in [5, 5.41) is 11.3. The molecule has 2 saturated heterocycles. The zero-order valence-corrected chi connectivity index (χ0v) is 12.6. The number of aryl methyl sites for hydroxylation is 1. The predicted octanol–water partition coefficient (Wildman–Crippen LogP) is 1.72. The molecular weight excluding hydrogens is 308 g/mol. The standard InChI is InChI=1S/C13H19BrN4O/c1-2-18-13(19)12(14)11(7-15-18)17-10-5-8-3-4-9(6-10)16-8/h7-10,16-17H,2-6H2,1H3. The lowest BCUT2D eigenvalue weighted by Gasteiger charge is -2.30. The highest BCUT2D eigenvalue weighted by molar-refractivity contribution is 9.10. The average Bonchev–Trinajstić information content (AvgIpc) is 2.75. The van der Waals surface area contributed by atoms with Gasteiger partial charge in [0.05, 0.1) is 11.9 Å². The van der Waals surface area contributed by atoms with E-state index < -0.39 is 0 Å². The van der Waals surface area contributed by atoms with Gasteiger partial charge < -0.3 is 10.6 Å². The molecule has 2 aliphatic heterocycles. The minimum Gasteiger partial charge on any atom is -0.380 e. The minimum absolute atomic E-state index is 0.0654. The Balaban J connectivity index is 1.77. The van der Waals surface area contributed by atoms with E-state index in [1.54, 1.807) is 6.20 Å². The number of halogens is 1. The summed E-state index contributed by atoms with van der Waals surface area (Å²) in [4.78, 5) is 12.0. The Morgan fingerprint density at radius 3 is 2.79 bits per heavy atom. The van der Waals surface area contributed by atoms with Gasteiger partial charge in [-0.15, -0.1) is 0 Å². The molecule has 0 aromatic carbocycles.